The zero-order valence-electron chi connectivity index (χ0n) is 9.77. The smallest absolute Gasteiger partial charge is 0.305 e. The van der Waals surface area contributed by atoms with Gasteiger partial charge in [-0.3, -0.25) is 14.9 Å². The fraction of sp³-hybridized carbons (Fsp3) is 0.364. The minimum atomic E-state index is -1.30. The third kappa shape index (κ3) is 2.68. The lowest BCUT2D eigenvalue weighted by Crippen LogP contribution is -2.41. The van der Waals surface area contributed by atoms with Crippen LogP contribution in [0.2, 0.25) is 0 Å². The van der Waals surface area contributed by atoms with Gasteiger partial charge in [0.15, 0.2) is 0 Å². The number of benzene rings is 1. The molecule has 1 fully saturated rings. The number of nitrogens with zero attached hydrogens (tertiary/aromatic N) is 2. The van der Waals surface area contributed by atoms with E-state index in [0.717, 1.165) is 0 Å². The summed E-state index contributed by atoms with van der Waals surface area (Å²) in [6.45, 7) is 1.17. The van der Waals surface area contributed by atoms with Gasteiger partial charge in [0, 0.05) is 25.2 Å². The van der Waals surface area contributed by atoms with E-state index in [9.17, 15) is 23.7 Å². The number of rotatable bonds is 2. The highest BCUT2D eigenvalue weighted by Crippen LogP contribution is 2.22. The molecular weight excluding hydrogens is 262 g/mol. The number of nitro benzene ring substituents is 1. The van der Waals surface area contributed by atoms with Gasteiger partial charge in [-0.25, -0.2) is 4.39 Å². The predicted octanol–water partition coefficient (Wildman–Crippen LogP) is 1.35. The zero-order valence-corrected chi connectivity index (χ0v) is 9.77. The molecule has 0 saturated carbocycles. The summed E-state index contributed by atoms with van der Waals surface area (Å²) in [6, 6.07) is 0.980. The van der Waals surface area contributed by atoms with Gasteiger partial charge in [-0.05, 0) is 0 Å². The second-order valence-corrected chi connectivity index (χ2v) is 3.95. The van der Waals surface area contributed by atoms with E-state index in [1.807, 2.05) is 0 Å². The fourth-order valence-corrected chi connectivity index (χ4v) is 1.78. The maximum Gasteiger partial charge on any atom is 0.305 e. The first-order chi connectivity index (χ1) is 9.00. The van der Waals surface area contributed by atoms with Gasteiger partial charge in [0.25, 0.3) is 5.91 Å². The quantitative estimate of drug-likeness (QED) is 0.601. The van der Waals surface area contributed by atoms with Gasteiger partial charge in [0.1, 0.15) is 5.82 Å². The van der Waals surface area contributed by atoms with Crippen molar-refractivity contribution in [3.05, 3.63) is 39.4 Å². The molecule has 0 spiro atoms. The Morgan fingerprint density at radius 1 is 1.26 bits per heavy atom. The van der Waals surface area contributed by atoms with Crippen LogP contribution in [0.4, 0.5) is 14.5 Å². The Balaban J connectivity index is 2.35. The van der Waals surface area contributed by atoms with Crippen LogP contribution in [0.15, 0.2) is 12.1 Å². The summed E-state index contributed by atoms with van der Waals surface area (Å²) in [4.78, 5) is 22.9. The van der Waals surface area contributed by atoms with Crippen LogP contribution in [0.5, 0.6) is 0 Å². The molecule has 102 valence electrons. The topological polar surface area (TPSA) is 72.7 Å². The number of nitro groups is 1. The maximum absolute atomic E-state index is 13.6. The molecule has 0 N–H and O–H groups in total. The zero-order chi connectivity index (χ0) is 14.0. The van der Waals surface area contributed by atoms with Crippen molar-refractivity contribution in [2.24, 2.45) is 0 Å². The number of halogens is 2. The predicted molar refractivity (Wildman–Crippen MR) is 59.7 cm³/mol. The van der Waals surface area contributed by atoms with E-state index in [1.165, 1.54) is 4.90 Å². The molecule has 0 aliphatic carbocycles. The lowest BCUT2D eigenvalue weighted by molar-refractivity contribution is -0.387. The SMILES string of the molecule is O=C(c1cc([N+](=O)[O-])c(F)cc1F)N1CCOCC1. The highest BCUT2D eigenvalue weighted by atomic mass is 19.1. The van der Waals surface area contributed by atoms with Crippen LogP contribution in [0.25, 0.3) is 0 Å². The van der Waals surface area contributed by atoms with E-state index < -0.39 is 33.7 Å². The molecule has 2 rings (SSSR count). The lowest BCUT2D eigenvalue weighted by atomic mass is 10.1. The molecule has 1 aromatic carbocycles. The number of hydrogen-bond donors (Lipinski definition) is 0. The molecule has 0 atom stereocenters. The Morgan fingerprint density at radius 3 is 2.47 bits per heavy atom. The van der Waals surface area contributed by atoms with Crippen LogP contribution in [-0.2, 0) is 4.74 Å². The molecule has 0 radical (unpaired) electrons. The van der Waals surface area contributed by atoms with Crippen molar-refractivity contribution in [2.45, 2.75) is 0 Å². The van der Waals surface area contributed by atoms with E-state index in [-0.39, 0.29) is 13.1 Å². The largest absolute Gasteiger partial charge is 0.378 e. The molecular formula is C11H10F2N2O4. The van der Waals surface area contributed by atoms with E-state index in [2.05, 4.69) is 0 Å². The Labute approximate surface area is 106 Å². The molecule has 1 aliphatic heterocycles. The average molecular weight is 272 g/mol. The number of carbonyl (C=O) groups excluding carboxylic acids is 1. The molecule has 0 unspecified atom stereocenters. The van der Waals surface area contributed by atoms with E-state index in [1.54, 1.807) is 0 Å². The first-order valence-corrected chi connectivity index (χ1v) is 5.51. The standard InChI is InChI=1S/C11H10F2N2O4/c12-8-6-9(13)10(15(17)18)5-7(8)11(16)14-1-3-19-4-2-14/h5-6H,1-4H2. The van der Waals surface area contributed by atoms with Crippen molar-refractivity contribution < 1.29 is 23.2 Å². The molecule has 1 heterocycles. The van der Waals surface area contributed by atoms with Gasteiger partial charge in [-0.2, -0.15) is 4.39 Å². The molecule has 6 nitrogen and oxygen atoms in total. The Hall–Kier alpha value is -2.09. The number of morpholine rings is 1. The highest BCUT2D eigenvalue weighted by molar-refractivity contribution is 5.95. The van der Waals surface area contributed by atoms with Gasteiger partial charge in [0.05, 0.1) is 23.7 Å². The Morgan fingerprint density at radius 2 is 1.89 bits per heavy atom. The minimum absolute atomic E-state index is 0.267. The van der Waals surface area contributed by atoms with Crippen LogP contribution in [0.1, 0.15) is 10.4 Å². The molecule has 0 aromatic heterocycles. The molecule has 8 heteroatoms. The summed E-state index contributed by atoms with van der Waals surface area (Å²) >= 11 is 0. The van der Waals surface area contributed by atoms with Crippen LogP contribution >= 0.6 is 0 Å². The van der Waals surface area contributed by atoms with Crippen molar-refractivity contribution in [3.63, 3.8) is 0 Å². The summed E-state index contributed by atoms with van der Waals surface area (Å²) in [5.74, 6) is -3.12. The van der Waals surface area contributed by atoms with E-state index in [0.29, 0.717) is 25.3 Å². The van der Waals surface area contributed by atoms with Crippen molar-refractivity contribution in [2.75, 3.05) is 26.3 Å². The van der Waals surface area contributed by atoms with Gasteiger partial charge >= 0.3 is 5.69 Å². The molecule has 1 aromatic rings. The highest BCUT2D eigenvalue weighted by Gasteiger charge is 2.26. The summed E-state index contributed by atoms with van der Waals surface area (Å²) in [6.07, 6.45) is 0. The lowest BCUT2D eigenvalue weighted by Gasteiger charge is -2.26. The van der Waals surface area contributed by atoms with Crippen molar-refractivity contribution >= 4 is 11.6 Å². The normalized spacial score (nSPS) is 15.4. The average Bonchev–Trinajstić information content (AvgIpc) is 2.38. The number of hydrogen-bond acceptors (Lipinski definition) is 4. The molecule has 1 amide bonds. The van der Waals surface area contributed by atoms with Gasteiger partial charge < -0.3 is 9.64 Å². The molecule has 19 heavy (non-hydrogen) atoms. The minimum Gasteiger partial charge on any atom is -0.378 e. The van der Waals surface area contributed by atoms with Gasteiger partial charge in [-0.1, -0.05) is 0 Å². The molecule has 0 bridgehead atoms. The van der Waals surface area contributed by atoms with Crippen molar-refractivity contribution in [1.29, 1.82) is 0 Å². The number of carbonyl (C=O) groups is 1. The number of ether oxygens (including phenoxy) is 1. The summed E-state index contributed by atoms with van der Waals surface area (Å²) in [5, 5.41) is 10.6. The summed E-state index contributed by atoms with van der Waals surface area (Å²) in [5.41, 5.74) is -1.42. The third-order valence-electron chi connectivity index (χ3n) is 2.76. The van der Waals surface area contributed by atoms with Gasteiger partial charge in [0.2, 0.25) is 5.82 Å². The Kier molecular flexibility index (Phi) is 3.70. The van der Waals surface area contributed by atoms with Crippen LogP contribution in [0.3, 0.4) is 0 Å². The first kappa shape index (κ1) is 13.3. The second-order valence-electron chi connectivity index (χ2n) is 3.95. The fourth-order valence-electron chi connectivity index (χ4n) is 1.78. The molecule has 1 saturated heterocycles. The number of amides is 1. The van der Waals surface area contributed by atoms with Crippen LogP contribution in [-0.4, -0.2) is 42.0 Å². The van der Waals surface area contributed by atoms with Gasteiger partial charge in [-0.15, -0.1) is 0 Å². The van der Waals surface area contributed by atoms with Crippen LogP contribution in [0, 0.1) is 21.7 Å². The third-order valence-corrected chi connectivity index (χ3v) is 2.76. The van der Waals surface area contributed by atoms with E-state index >= 15 is 0 Å². The van der Waals surface area contributed by atoms with Crippen molar-refractivity contribution in [1.82, 2.24) is 4.90 Å². The molecule has 1 aliphatic rings. The second kappa shape index (κ2) is 5.27. The Bertz CT molecular complexity index is 530. The first-order valence-electron chi connectivity index (χ1n) is 5.51. The van der Waals surface area contributed by atoms with Crippen LogP contribution < -0.4 is 0 Å². The monoisotopic (exact) mass is 272 g/mol. The summed E-state index contributed by atoms with van der Waals surface area (Å²) in [7, 11) is 0. The van der Waals surface area contributed by atoms with Crippen molar-refractivity contribution in [3.8, 4) is 0 Å². The summed E-state index contributed by atoms with van der Waals surface area (Å²) < 4.78 is 31.8. The maximum atomic E-state index is 13.6. The van der Waals surface area contributed by atoms with E-state index in [4.69, 9.17) is 4.74 Å².